The molecule has 0 aliphatic carbocycles. The highest BCUT2D eigenvalue weighted by Gasteiger charge is 2.19. The fraction of sp³-hybridized carbons (Fsp3) is 0. The number of aromatic nitrogens is 3. The first kappa shape index (κ1) is 32.0. The van der Waals surface area contributed by atoms with Gasteiger partial charge in [0, 0.05) is 39.0 Å². The van der Waals surface area contributed by atoms with Crippen LogP contribution < -0.4 is 0 Å². The van der Waals surface area contributed by atoms with Crippen molar-refractivity contribution in [3.05, 3.63) is 212 Å². The van der Waals surface area contributed by atoms with Crippen LogP contribution in [0.5, 0.6) is 0 Å². The van der Waals surface area contributed by atoms with E-state index in [-0.39, 0.29) is 0 Å². The first-order valence-electron chi connectivity index (χ1n) is 19.1. The van der Waals surface area contributed by atoms with E-state index in [0.717, 1.165) is 39.4 Å². The van der Waals surface area contributed by atoms with Crippen molar-refractivity contribution >= 4 is 43.5 Å². The Balaban J connectivity index is 1.15. The summed E-state index contributed by atoms with van der Waals surface area (Å²) in [6, 6.07) is 74.1. The molecule has 56 heavy (non-hydrogen) atoms. The van der Waals surface area contributed by atoms with Gasteiger partial charge in [0.25, 0.3) is 0 Å². The Morgan fingerprint density at radius 1 is 0.321 bits per heavy atom. The van der Waals surface area contributed by atoms with Gasteiger partial charge in [0.1, 0.15) is 5.82 Å². The summed E-state index contributed by atoms with van der Waals surface area (Å²) in [5.41, 5.74) is 13.8. The molecule has 8 aromatic carbocycles. The normalized spacial score (nSPS) is 11.6. The molecule has 0 aliphatic rings. The van der Waals surface area contributed by atoms with Crippen LogP contribution >= 0.6 is 0 Å². The van der Waals surface area contributed by atoms with Crippen LogP contribution in [0, 0.1) is 0 Å². The number of rotatable bonds is 6. The van der Waals surface area contributed by atoms with E-state index < -0.39 is 0 Å². The van der Waals surface area contributed by atoms with Crippen molar-refractivity contribution in [2.24, 2.45) is 0 Å². The largest absolute Gasteiger partial charge is 0.309 e. The van der Waals surface area contributed by atoms with Crippen molar-refractivity contribution in [2.45, 2.75) is 0 Å². The Bertz CT molecular complexity index is 3100. The molecule has 0 spiro atoms. The monoisotopic (exact) mass is 713 g/mol. The van der Waals surface area contributed by atoms with Gasteiger partial charge in [0.2, 0.25) is 0 Å². The molecule has 0 saturated heterocycles. The minimum Gasteiger partial charge on any atom is -0.309 e. The number of fused-ring (bicyclic) bond motifs is 7. The van der Waals surface area contributed by atoms with Gasteiger partial charge in [0.15, 0.2) is 0 Å². The van der Waals surface area contributed by atoms with E-state index in [9.17, 15) is 0 Å². The molecule has 3 aromatic heterocycles. The highest BCUT2D eigenvalue weighted by molar-refractivity contribution is 6.23. The third kappa shape index (κ3) is 5.32. The maximum Gasteiger partial charge on any atom is 0.138 e. The quantitative estimate of drug-likeness (QED) is 0.168. The smallest absolute Gasteiger partial charge is 0.138 e. The van der Waals surface area contributed by atoms with Gasteiger partial charge < -0.3 is 9.13 Å². The van der Waals surface area contributed by atoms with Gasteiger partial charge in [-0.05, 0) is 87.3 Å². The number of para-hydroxylation sites is 1. The standard InChI is InChI=1S/C53H35N3/c1-5-15-36(16-6-1)40-31-41(37-17-7-2-8-18-37)33-43(32-40)56-51-24-14-13-23-45(51)48-26-25-44-46-29-30-55(50(46)28-27-47(44)53(48)56)52-35-42(38-19-9-3-10-20-38)34-49(54-52)39-21-11-4-12-22-39/h1-35H. The van der Waals surface area contributed by atoms with E-state index in [2.05, 4.69) is 222 Å². The SMILES string of the molecule is c1ccc(-c2cc(-c3ccccc3)cc(-n3c4ccccc4c4ccc5c6ccn(-c7cc(-c8ccccc8)cc(-c8ccccc8)n7)c6ccc5c43)c2)cc1. The van der Waals surface area contributed by atoms with Gasteiger partial charge in [-0.2, -0.15) is 0 Å². The molecule has 262 valence electrons. The van der Waals surface area contributed by atoms with Crippen LogP contribution in [-0.2, 0) is 0 Å². The van der Waals surface area contributed by atoms with Crippen LogP contribution in [0.15, 0.2) is 212 Å². The zero-order chi connectivity index (χ0) is 37.0. The summed E-state index contributed by atoms with van der Waals surface area (Å²) in [6.07, 6.45) is 2.17. The molecule has 3 heteroatoms. The summed E-state index contributed by atoms with van der Waals surface area (Å²) >= 11 is 0. The molecule has 0 bridgehead atoms. The Hall–Kier alpha value is -7.49. The molecule has 0 atom stereocenters. The van der Waals surface area contributed by atoms with Crippen molar-refractivity contribution in [3.8, 4) is 56.1 Å². The highest BCUT2D eigenvalue weighted by atomic mass is 15.1. The lowest BCUT2D eigenvalue weighted by Gasteiger charge is -2.15. The number of benzene rings is 8. The third-order valence-corrected chi connectivity index (χ3v) is 11.1. The van der Waals surface area contributed by atoms with Gasteiger partial charge in [-0.1, -0.05) is 158 Å². The zero-order valence-electron chi connectivity index (χ0n) is 30.5. The lowest BCUT2D eigenvalue weighted by Crippen LogP contribution is -1.99. The Morgan fingerprint density at radius 3 is 1.46 bits per heavy atom. The summed E-state index contributed by atoms with van der Waals surface area (Å²) < 4.78 is 4.72. The predicted molar refractivity (Wildman–Crippen MR) is 235 cm³/mol. The van der Waals surface area contributed by atoms with Crippen molar-refractivity contribution in [3.63, 3.8) is 0 Å². The zero-order valence-corrected chi connectivity index (χ0v) is 30.5. The summed E-state index contributed by atoms with van der Waals surface area (Å²) in [4.78, 5) is 5.26. The van der Waals surface area contributed by atoms with E-state index in [1.807, 2.05) is 0 Å². The molecule has 11 rings (SSSR count). The molecule has 0 unspecified atom stereocenters. The van der Waals surface area contributed by atoms with Crippen molar-refractivity contribution < 1.29 is 0 Å². The molecule has 0 amide bonds. The van der Waals surface area contributed by atoms with Crippen LogP contribution in [0.2, 0.25) is 0 Å². The average molecular weight is 714 g/mol. The fourth-order valence-corrected chi connectivity index (χ4v) is 8.49. The Kier molecular flexibility index (Phi) is 7.49. The van der Waals surface area contributed by atoms with E-state index in [0.29, 0.717) is 0 Å². The van der Waals surface area contributed by atoms with Crippen molar-refractivity contribution in [1.82, 2.24) is 14.1 Å². The second kappa shape index (κ2) is 13.1. The second-order valence-electron chi connectivity index (χ2n) is 14.4. The summed E-state index contributed by atoms with van der Waals surface area (Å²) in [5, 5.41) is 6.10. The molecule has 0 fully saturated rings. The summed E-state index contributed by atoms with van der Waals surface area (Å²) in [7, 11) is 0. The van der Waals surface area contributed by atoms with Crippen LogP contribution in [-0.4, -0.2) is 14.1 Å². The first-order chi connectivity index (χ1) is 27.8. The molecule has 0 N–H and O–H groups in total. The topological polar surface area (TPSA) is 22.8 Å². The van der Waals surface area contributed by atoms with Gasteiger partial charge >= 0.3 is 0 Å². The van der Waals surface area contributed by atoms with Crippen LogP contribution in [0.3, 0.4) is 0 Å². The molecule has 0 radical (unpaired) electrons. The summed E-state index contributed by atoms with van der Waals surface area (Å²) in [5.74, 6) is 0.890. The molecular weight excluding hydrogens is 679 g/mol. The van der Waals surface area contributed by atoms with E-state index >= 15 is 0 Å². The van der Waals surface area contributed by atoms with Crippen molar-refractivity contribution in [2.75, 3.05) is 0 Å². The first-order valence-corrected chi connectivity index (χ1v) is 19.1. The lowest BCUT2D eigenvalue weighted by atomic mass is 9.97. The van der Waals surface area contributed by atoms with E-state index in [4.69, 9.17) is 4.98 Å². The maximum atomic E-state index is 5.26. The van der Waals surface area contributed by atoms with Crippen LogP contribution in [0.1, 0.15) is 0 Å². The van der Waals surface area contributed by atoms with Gasteiger partial charge in [0.05, 0.1) is 22.2 Å². The van der Waals surface area contributed by atoms with Crippen LogP contribution in [0.4, 0.5) is 0 Å². The molecule has 3 heterocycles. The number of pyridine rings is 1. The number of hydrogen-bond acceptors (Lipinski definition) is 1. The minimum absolute atomic E-state index is 0.890. The highest BCUT2D eigenvalue weighted by Crippen LogP contribution is 2.41. The van der Waals surface area contributed by atoms with Gasteiger partial charge in [-0.15, -0.1) is 0 Å². The van der Waals surface area contributed by atoms with E-state index in [1.165, 1.54) is 60.2 Å². The second-order valence-corrected chi connectivity index (χ2v) is 14.4. The number of nitrogens with zero attached hydrogens (tertiary/aromatic N) is 3. The lowest BCUT2D eigenvalue weighted by molar-refractivity contribution is 1.05. The van der Waals surface area contributed by atoms with E-state index in [1.54, 1.807) is 0 Å². The molecule has 0 saturated carbocycles. The fourth-order valence-electron chi connectivity index (χ4n) is 8.49. The van der Waals surface area contributed by atoms with Gasteiger partial charge in [-0.3, -0.25) is 0 Å². The third-order valence-electron chi connectivity index (χ3n) is 11.1. The van der Waals surface area contributed by atoms with Crippen molar-refractivity contribution in [1.29, 1.82) is 0 Å². The molecule has 11 aromatic rings. The maximum absolute atomic E-state index is 5.26. The predicted octanol–water partition coefficient (Wildman–Crippen LogP) is 13.9. The molecular formula is C53H35N3. The van der Waals surface area contributed by atoms with Crippen LogP contribution in [0.25, 0.3) is 99.6 Å². The summed E-state index contributed by atoms with van der Waals surface area (Å²) in [6.45, 7) is 0. The average Bonchev–Trinajstić information content (AvgIpc) is 3.87. The number of hydrogen-bond donors (Lipinski definition) is 0. The Morgan fingerprint density at radius 2 is 0.821 bits per heavy atom. The Labute approximate surface area is 325 Å². The van der Waals surface area contributed by atoms with Gasteiger partial charge in [-0.25, -0.2) is 4.98 Å². The molecule has 3 nitrogen and oxygen atoms in total. The minimum atomic E-state index is 0.890. The molecule has 0 aliphatic heterocycles.